The summed E-state index contributed by atoms with van der Waals surface area (Å²) in [5, 5.41) is 15.7. The molecule has 0 aliphatic rings. The maximum atomic E-state index is 13.3. The number of aromatic nitrogens is 2. The van der Waals surface area contributed by atoms with Crippen molar-refractivity contribution >= 4 is 11.8 Å². The van der Waals surface area contributed by atoms with Crippen molar-refractivity contribution < 1.29 is 14.3 Å². The van der Waals surface area contributed by atoms with Crippen molar-refractivity contribution in [2.75, 3.05) is 25.5 Å². The van der Waals surface area contributed by atoms with Gasteiger partial charge in [-0.25, -0.2) is 13.9 Å². The molecule has 1 aromatic heterocycles. The first-order valence-corrected chi connectivity index (χ1v) is 6.47. The van der Waals surface area contributed by atoms with Crippen molar-refractivity contribution in [3.05, 3.63) is 41.8 Å². The van der Waals surface area contributed by atoms with Gasteiger partial charge in [-0.1, -0.05) is 6.07 Å². The van der Waals surface area contributed by atoms with Crippen LogP contribution in [0.2, 0.25) is 0 Å². The Bertz CT molecular complexity index is 642. The summed E-state index contributed by atoms with van der Waals surface area (Å²) >= 11 is 0. The van der Waals surface area contributed by atoms with Crippen LogP contribution < -0.4 is 5.32 Å². The van der Waals surface area contributed by atoms with Crippen LogP contribution >= 0.6 is 0 Å². The molecule has 7 heteroatoms. The van der Waals surface area contributed by atoms with E-state index >= 15 is 0 Å². The normalized spacial score (nSPS) is 10.5. The van der Waals surface area contributed by atoms with Gasteiger partial charge in [0, 0.05) is 25.4 Å². The number of aryl methyl sites for hydroxylation is 1. The Morgan fingerprint density at radius 2 is 2.24 bits per heavy atom. The highest BCUT2D eigenvalue weighted by atomic mass is 19.1. The minimum atomic E-state index is -0.368. The Morgan fingerprint density at radius 3 is 2.90 bits per heavy atom. The van der Waals surface area contributed by atoms with Crippen molar-refractivity contribution in [2.24, 2.45) is 0 Å². The third-order valence-corrected chi connectivity index (χ3v) is 2.96. The van der Waals surface area contributed by atoms with Crippen LogP contribution in [-0.2, 0) is 0 Å². The predicted octanol–water partition coefficient (Wildman–Crippen LogP) is 1.78. The van der Waals surface area contributed by atoms with Crippen LogP contribution in [0.25, 0.3) is 5.69 Å². The molecule has 112 valence electrons. The van der Waals surface area contributed by atoms with Crippen LogP contribution in [0.5, 0.6) is 0 Å². The number of hydrogen-bond acceptors (Lipinski definition) is 3. The molecule has 2 aromatic rings. The molecule has 0 saturated heterocycles. The van der Waals surface area contributed by atoms with Crippen LogP contribution in [0.3, 0.4) is 0 Å². The number of amides is 2. The largest absolute Gasteiger partial charge is 0.395 e. The molecule has 2 rings (SSSR count). The first-order valence-electron chi connectivity index (χ1n) is 6.47. The molecule has 21 heavy (non-hydrogen) atoms. The molecule has 0 bridgehead atoms. The van der Waals surface area contributed by atoms with Gasteiger partial charge in [-0.3, -0.25) is 5.32 Å². The molecule has 0 radical (unpaired) electrons. The van der Waals surface area contributed by atoms with Crippen molar-refractivity contribution in [3.63, 3.8) is 0 Å². The summed E-state index contributed by atoms with van der Waals surface area (Å²) in [6.45, 7) is 1.93. The van der Waals surface area contributed by atoms with Gasteiger partial charge in [-0.05, 0) is 25.1 Å². The molecular formula is C14H17FN4O2. The Kier molecular flexibility index (Phi) is 4.54. The number of nitrogens with one attached hydrogen (secondary N) is 1. The zero-order chi connectivity index (χ0) is 15.4. The van der Waals surface area contributed by atoms with Gasteiger partial charge in [0.2, 0.25) is 0 Å². The maximum Gasteiger partial charge on any atom is 0.322 e. The van der Waals surface area contributed by atoms with Crippen LogP contribution in [0.4, 0.5) is 15.0 Å². The zero-order valence-electron chi connectivity index (χ0n) is 11.9. The van der Waals surface area contributed by atoms with Crippen LogP contribution in [-0.4, -0.2) is 46.0 Å². The van der Waals surface area contributed by atoms with E-state index in [-0.39, 0.29) is 25.0 Å². The van der Waals surface area contributed by atoms with E-state index in [4.69, 9.17) is 5.11 Å². The number of urea groups is 1. The quantitative estimate of drug-likeness (QED) is 0.902. The second-order valence-corrected chi connectivity index (χ2v) is 4.64. The average molecular weight is 292 g/mol. The molecule has 0 unspecified atom stereocenters. The van der Waals surface area contributed by atoms with E-state index in [1.807, 2.05) is 6.92 Å². The molecule has 0 aliphatic carbocycles. The molecule has 0 atom stereocenters. The fraction of sp³-hybridized carbons (Fsp3) is 0.286. The number of carbonyl (C=O) groups is 1. The van der Waals surface area contributed by atoms with Gasteiger partial charge in [0.25, 0.3) is 0 Å². The van der Waals surface area contributed by atoms with Gasteiger partial charge >= 0.3 is 6.03 Å². The minimum absolute atomic E-state index is 0.110. The highest BCUT2D eigenvalue weighted by Crippen LogP contribution is 2.16. The maximum absolute atomic E-state index is 13.3. The fourth-order valence-corrected chi connectivity index (χ4v) is 1.86. The Morgan fingerprint density at radius 1 is 1.48 bits per heavy atom. The molecule has 0 saturated carbocycles. The first-order chi connectivity index (χ1) is 10.0. The van der Waals surface area contributed by atoms with E-state index < -0.39 is 0 Å². The average Bonchev–Trinajstić information content (AvgIpc) is 2.79. The molecule has 2 amide bonds. The second kappa shape index (κ2) is 6.36. The third-order valence-electron chi connectivity index (χ3n) is 2.96. The Labute approximate surface area is 121 Å². The second-order valence-electron chi connectivity index (χ2n) is 4.64. The highest BCUT2D eigenvalue weighted by Gasteiger charge is 2.12. The third kappa shape index (κ3) is 3.57. The number of benzene rings is 1. The molecule has 6 nitrogen and oxygen atoms in total. The highest BCUT2D eigenvalue weighted by molar-refractivity contribution is 5.88. The number of halogens is 1. The summed E-state index contributed by atoms with van der Waals surface area (Å²) in [4.78, 5) is 13.2. The standard InChI is InChI=1S/C14H17FN4O2/c1-10-8-13(16-14(21)18(2)6-7-20)17-19(10)12-5-3-4-11(15)9-12/h3-5,8-9,20H,6-7H2,1-2H3,(H,16,17,21). The molecular weight excluding hydrogens is 275 g/mol. The summed E-state index contributed by atoms with van der Waals surface area (Å²) in [7, 11) is 1.57. The summed E-state index contributed by atoms with van der Waals surface area (Å²) in [6.07, 6.45) is 0. The molecule has 1 aromatic carbocycles. The van der Waals surface area contributed by atoms with Crippen molar-refractivity contribution in [1.82, 2.24) is 14.7 Å². The SMILES string of the molecule is Cc1cc(NC(=O)N(C)CCO)nn1-c1cccc(F)c1. The lowest BCUT2D eigenvalue weighted by atomic mass is 10.3. The van der Waals surface area contributed by atoms with Crippen molar-refractivity contribution in [1.29, 1.82) is 0 Å². The number of aliphatic hydroxyl groups is 1. The molecule has 1 heterocycles. The van der Waals surface area contributed by atoms with E-state index in [1.165, 1.54) is 17.0 Å². The van der Waals surface area contributed by atoms with E-state index in [1.54, 1.807) is 29.9 Å². The van der Waals surface area contributed by atoms with Crippen LogP contribution in [0.1, 0.15) is 5.69 Å². The number of nitrogens with zero attached hydrogens (tertiary/aromatic N) is 3. The number of anilines is 1. The number of carbonyl (C=O) groups excluding carboxylic acids is 1. The summed E-state index contributed by atoms with van der Waals surface area (Å²) in [5.74, 6) is 0.0159. The first kappa shape index (κ1) is 15.0. The van der Waals surface area contributed by atoms with E-state index in [0.29, 0.717) is 11.5 Å². The monoisotopic (exact) mass is 292 g/mol. The number of likely N-dealkylation sites (N-methyl/N-ethyl adjacent to an activating group) is 1. The fourth-order valence-electron chi connectivity index (χ4n) is 1.86. The number of hydrogen-bond donors (Lipinski definition) is 2. The Balaban J connectivity index is 2.18. The van der Waals surface area contributed by atoms with Gasteiger partial charge in [-0.15, -0.1) is 5.10 Å². The van der Waals surface area contributed by atoms with Gasteiger partial charge in [0.05, 0.1) is 12.3 Å². The van der Waals surface area contributed by atoms with E-state index in [0.717, 1.165) is 5.69 Å². The topological polar surface area (TPSA) is 70.4 Å². The van der Waals surface area contributed by atoms with Crippen molar-refractivity contribution in [2.45, 2.75) is 6.92 Å². The predicted molar refractivity (Wildman–Crippen MR) is 77.0 cm³/mol. The van der Waals surface area contributed by atoms with Gasteiger partial charge in [0.1, 0.15) is 5.82 Å². The zero-order valence-corrected chi connectivity index (χ0v) is 11.9. The summed E-state index contributed by atoms with van der Waals surface area (Å²) < 4.78 is 14.8. The number of aliphatic hydroxyl groups excluding tert-OH is 1. The van der Waals surface area contributed by atoms with Crippen molar-refractivity contribution in [3.8, 4) is 5.69 Å². The van der Waals surface area contributed by atoms with E-state index in [9.17, 15) is 9.18 Å². The molecule has 0 fully saturated rings. The molecule has 0 aliphatic heterocycles. The van der Waals surface area contributed by atoms with Gasteiger partial charge < -0.3 is 10.0 Å². The lowest BCUT2D eigenvalue weighted by Gasteiger charge is -2.15. The Hall–Kier alpha value is -2.41. The van der Waals surface area contributed by atoms with Gasteiger partial charge in [0.15, 0.2) is 5.82 Å². The smallest absolute Gasteiger partial charge is 0.322 e. The van der Waals surface area contributed by atoms with Crippen LogP contribution in [0.15, 0.2) is 30.3 Å². The number of rotatable bonds is 4. The van der Waals surface area contributed by atoms with Crippen LogP contribution in [0, 0.1) is 12.7 Å². The summed E-state index contributed by atoms with van der Waals surface area (Å²) in [5.41, 5.74) is 1.34. The summed E-state index contributed by atoms with van der Waals surface area (Å²) in [6, 6.07) is 7.37. The lowest BCUT2D eigenvalue weighted by molar-refractivity contribution is 0.202. The van der Waals surface area contributed by atoms with Gasteiger partial charge in [-0.2, -0.15) is 0 Å². The molecule has 2 N–H and O–H groups in total. The van der Waals surface area contributed by atoms with E-state index in [2.05, 4.69) is 10.4 Å². The molecule has 0 spiro atoms. The lowest BCUT2D eigenvalue weighted by Crippen LogP contribution is -2.33. The minimum Gasteiger partial charge on any atom is -0.395 e.